The number of nitrogens with one attached hydrogen (secondary N) is 1. The Balaban J connectivity index is 1.89. The van der Waals surface area contributed by atoms with E-state index in [4.69, 9.17) is 0 Å². The molecule has 1 fully saturated rings. The molecule has 2 amide bonds. The molecule has 1 heterocycles. The Morgan fingerprint density at radius 3 is 2.75 bits per heavy atom. The van der Waals surface area contributed by atoms with Gasteiger partial charge in [0.2, 0.25) is 0 Å². The van der Waals surface area contributed by atoms with Gasteiger partial charge in [-0.25, -0.2) is 4.79 Å². The topological polar surface area (TPSA) is 55.8 Å². The lowest BCUT2D eigenvalue weighted by molar-refractivity contribution is 0.130. The van der Waals surface area contributed by atoms with Crippen molar-refractivity contribution in [3.63, 3.8) is 0 Å². The highest BCUT2D eigenvalue weighted by molar-refractivity contribution is 5.74. The third kappa shape index (κ3) is 5.49. The van der Waals surface area contributed by atoms with Crippen molar-refractivity contribution in [2.45, 2.75) is 44.2 Å². The van der Waals surface area contributed by atoms with Crippen LogP contribution in [-0.4, -0.2) is 66.8 Å². The van der Waals surface area contributed by atoms with E-state index in [0.29, 0.717) is 13.0 Å². The molecule has 1 aromatic carbocycles. The zero-order chi connectivity index (χ0) is 17.4. The van der Waals surface area contributed by atoms with E-state index in [0.717, 1.165) is 32.2 Å². The van der Waals surface area contributed by atoms with Gasteiger partial charge >= 0.3 is 6.03 Å². The maximum absolute atomic E-state index is 12.6. The first-order chi connectivity index (χ1) is 11.6. The van der Waals surface area contributed by atoms with Crippen LogP contribution in [0.15, 0.2) is 30.3 Å². The number of likely N-dealkylation sites (tertiary alicyclic amines) is 1. The summed E-state index contributed by atoms with van der Waals surface area (Å²) in [5, 5.41) is 12.3. The first-order valence-electron chi connectivity index (χ1n) is 8.97. The predicted octanol–water partition coefficient (Wildman–Crippen LogP) is 2.11. The van der Waals surface area contributed by atoms with E-state index in [1.165, 1.54) is 5.56 Å². The first kappa shape index (κ1) is 18.7. The minimum Gasteiger partial charge on any atom is -0.396 e. The van der Waals surface area contributed by atoms with Crippen molar-refractivity contribution in [3.8, 4) is 0 Å². The highest BCUT2D eigenvalue weighted by atomic mass is 16.3. The second-order valence-corrected chi connectivity index (χ2v) is 6.85. The number of hydrogen-bond donors (Lipinski definition) is 2. The number of carbonyl (C=O) groups excluding carboxylic acids is 1. The molecule has 0 bridgehead atoms. The summed E-state index contributed by atoms with van der Waals surface area (Å²) < 4.78 is 0. The SMILES string of the molecule is CN(C)C(CNC(=O)N1CCCCC1CCO)Cc1ccccc1. The lowest BCUT2D eigenvalue weighted by Gasteiger charge is -2.36. The van der Waals surface area contributed by atoms with Gasteiger partial charge in [-0.05, 0) is 51.8 Å². The molecule has 0 saturated carbocycles. The van der Waals surface area contributed by atoms with Crippen molar-refractivity contribution in [1.82, 2.24) is 15.1 Å². The first-order valence-corrected chi connectivity index (χ1v) is 8.97. The number of amides is 2. The minimum absolute atomic E-state index is 0.00746. The van der Waals surface area contributed by atoms with Gasteiger partial charge in [-0.15, -0.1) is 0 Å². The van der Waals surface area contributed by atoms with Crippen molar-refractivity contribution in [2.75, 3.05) is 33.8 Å². The second kappa shape index (κ2) is 9.64. The average molecular weight is 333 g/mol. The van der Waals surface area contributed by atoms with Gasteiger partial charge < -0.3 is 20.2 Å². The van der Waals surface area contributed by atoms with Crippen molar-refractivity contribution in [1.29, 1.82) is 0 Å². The zero-order valence-corrected chi connectivity index (χ0v) is 14.9. The monoisotopic (exact) mass is 333 g/mol. The fraction of sp³-hybridized carbons (Fsp3) is 0.632. The summed E-state index contributed by atoms with van der Waals surface area (Å²) in [7, 11) is 4.10. The Labute approximate surface area is 145 Å². The van der Waals surface area contributed by atoms with Crippen molar-refractivity contribution in [2.24, 2.45) is 0 Å². The highest BCUT2D eigenvalue weighted by Gasteiger charge is 2.26. The molecule has 1 aliphatic rings. The van der Waals surface area contributed by atoms with Crippen LogP contribution < -0.4 is 5.32 Å². The molecule has 0 aromatic heterocycles. The van der Waals surface area contributed by atoms with Crippen LogP contribution in [0.25, 0.3) is 0 Å². The maximum atomic E-state index is 12.6. The molecule has 1 aliphatic heterocycles. The van der Waals surface area contributed by atoms with Crippen molar-refractivity contribution < 1.29 is 9.90 Å². The van der Waals surface area contributed by atoms with Crippen LogP contribution in [0.1, 0.15) is 31.2 Å². The van der Waals surface area contributed by atoms with E-state index >= 15 is 0 Å². The quantitative estimate of drug-likeness (QED) is 0.803. The van der Waals surface area contributed by atoms with Crippen LogP contribution in [0.4, 0.5) is 4.79 Å². The standard InChI is InChI=1S/C19H31N3O2/c1-21(2)18(14-16-8-4-3-5-9-16)15-20-19(24)22-12-7-6-10-17(22)11-13-23/h3-5,8-9,17-18,23H,6-7,10-15H2,1-2H3,(H,20,24). The van der Waals surface area contributed by atoms with Crippen LogP contribution in [-0.2, 0) is 6.42 Å². The van der Waals surface area contributed by atoms with Crippen LogP contribution in [0.5, 0.6) is 0 Å². The molecule has 24 heavy (non-hydrogen) atoms. The van der Waals surface area contributed by atoms with E-state index in [1.54, 1.807) is 0 Å². The lowest BCUT2D eigenvalue weighted by atomic mass is 10.00. The summed E-state index contributed by atoms with van der Waals surface area (Å²) in [6.45, 7) is 1.56. The van der Waals surface area contributed by atoms with Crippen LogP contribution in [0.3, 0.4) is 0 Å². The summed E-state index contributed by atoms with van der Waals surface area (Å²) in [4.78, 5) is 16.7. The normalized spacial score (nSPS) is 19.3. The van der Waals surface area contributed by atoms with Gasteiger partial charge in [0.25, 0.3) is 0 Å². The van der Waals surface area contributed by atoms with E-state index in [2.05, 4.69) is 36.4 Å². The molecule has 5 nitrogen and oxygen atoms in total. The van der Waals surface area contributed by atoms with Crippen LogP contribution in [0.2, 0.25) is 0 Å². The number of hydrogen-bond acceptors (Lipinski definition) is 3. The molecule has 1 saturated heterocycles. The smallest absolute Gasteiger partial charge is 0.317 e. The van der Waals surface area contributed by atoms with Gasteiger partial charge in [0.1, 0.15) is 0 Å². The van der Waals surface area contributed by atoms with Crippen LogP contribution >= 0.6 is 0 Å². The minimum atomic E-state index is 0.00746. The number of piperidine rings is 1. The van der Waals surface area contributed by atoms with E-state index in [-0.39, 0.29) is 24.7 Å². The van der Waals surface area contributed by atoms with Gasteiger partial charge in [0.05, 0.1) is 0 Å². The van der Waals surface area contributed by atoms with Crippen molar-refractivity contribution >= 4 is 6.03 Å². The Kier molecular flexibility index (Phi) is 7.53. The fourth-order valence-electron chi connectivity index (χ4n) is 3.35. The number of carbonyl (C=O) groups is 1. The number of rotatable bonds is 7. The average Bonchev–Trinajstić information content (AvgIpc) is 2.59. The van der Waals surface area contributed by atoms with Crippen molar-refractivity contribution in [3.05, 3.63) is 35.9 Å². The maximum Gasteiger partial charge on any atom is 0.317 e. The Bertz CT molecular complexity index is 491. The van der Waals surface area contributed by atoms with Crippen LogP contribution in [0, 0.1) is 0 Å². The molecule has 0 aliphatic carbocycles. The lowest BCUT2D eigenvalue weighted by Crippen LogP contribution is -2.51. The molecule has 2 unspecified atom stereocenters. The Hall–Kier alpha value is -1.59. The molecule has 2 atom stereocenters. The summed E-state index contributed by atoms with van der Waals surface area (Å²) in [5.41, 5.74) is 1.28. The predicted molar refractivity (Wildman–Crippen MR) is 97.1 cm³/mol. The largest absolute Gasteiger partial charge is 0.396 e. The number of likely N-dealkylation sites (N-methyl/N-ethyl adjacent to an activating group) is 1. The molecule has 2 rings (SSSR count). The third-order valence-corrected chi connectivity index (χ3v) is 4.88. The van der Waals surface area contributed by atoms with E-state index < -0.39 is 0 Å². The molecular formula is C19H31N3O2. The number of urea groups is 1. The molecule has 1 aromatic rings. The number of nitrogens with zero attached hydrogens (tertiary/aromatic N) is 2. The molecule has 5 heteroatoms. The second-order valence-electron chi connectivity index (χ2n) is 6.85. The third-order valence-electron chi connectivity index (χ3n) is 4.88. The zero-order valence-electron chi connectivity index (χ0n) is 14.9. The number of aliphatic hydroxyl groups excluding tert-OH is 1. The van der Waals surface area contributed by atoms with E-state index in [9.17, 15) is 9.90 Å². The Morgan fingerprint density at radius 1 is 1.33 bits per heavy atom. The number of benzene rings is 1. The van der Waals surface area contributed by atoms with Gasteiger partial charge in [-0.1, -0.05) is 30.3 Å². The summed E-state index contributed by atoms with van der Waals surface area (Å²) in [6.07, 6.45) is 4.77. The molecule has 2 N–H and O–H groups in total. The molecule has 134 valence electrons. The fourth-order valence-corrected chi connectivity index (χ4v) is 3.35. The molecule has 0 spiro atoms. The summed E-state index contributed by atoms with van der Waals surface area (Å²) in [6, 6.07) is 10.8. The summed E-state index contributed by atoms with van der Waals surface area (Å²) >= 11 is 0. The van der Waals surface area contributed by atoms with Gasteiger partial charge in [-0.2, -0.15) is 0 Å². The van der Waals surface area contributed by atoms with Gasteiger partial charge in [-0.3, -0.25) is 0 Å². The number of aliphatic hydroxyl groups is 1. The highest BCUT2D eigenvalue weighted by Crippen LogP contribution is 2.19. The molecule has 0 radical (unpaired) electrons. The van der Waals surface area contributed by atoms with Gasteiger partial charge in [0.15, 0.2) is 0 Å². The molecular weight excluding hydrogens is 302 g/mol. The van der Waals surface area contributed by atoms with Gasteiger partial charge in [0, 0.05) is 31.8 Å². The summed E-state index contributed by atoms with van der Waals surface area (Å²) in [5.74, 6) is 0. The van der Waals surface area contributed by atoms with E-state index in [1.807, 2.05) is 23.1 Å². The Morgan fingerprint density at radius 2 is 2.08 bits per heavy atom.